The number of anilines is 2. The molecule has 2 heterocycles. The van der Waals surface area contributed by atoms with E-state index in [2.05, 4.69) is 15.6 Å². The SMILES string of the molecule is CCOC(=O)Nc1cc2c(c(CN)n1)N=C(c1ccccc1)CN2. The van der Waals surface area contributed by atoms with Crippen molar-refractivity contribution in [3.63, 3.8) is 0 Å². The van der Waals surface area contributed by atoms with Crippen molar-refractivity contribution in [2.24, 2.45) is 10.7 Å². The highest BCUT2D eigenvalue weighted by atomic mass is 16.5. The minimum atomic E-state index is -0.544. The van der Waals surface area contributed by atoms with Gasteiger partial charge < -0.3 is 15.8 Å². The van der Waals surface area contributed by atoms with Gasteiger partial charge in [-0.2, -0.15) is 0 Å². The largest absolute Gasteiger partial charge is 0.450 e. The Morgan fingerprint density at radius 1 is 1.38 bits per heavy atom. The number of nitrogens with one attached hydrogen (secondary N) is 2. The number of rotatable bonds is 4. The number of carbonyl (C=O) groups excluding carboxylic acids is 1. The van der Waals surface area contributed by atoms with Gasteiger partial charge in [-0.1, -0.05) is 30.3 Å². The molecule has 0 saturated carbocycles. The van der Waals surface area contributed by atoms with Gasteiger partial charge in [0.1, 0.15) is 11.5 Å². The minimum Gasteiger partial charge on any atom is -0.450 e. The molecule has 3 rings (SSSR count). The average Bonchev–Trinajstić information content (AvgIpc) is 2.61. The van der Waals surface area contributed by atoms with Crippen LogP contribution in [0, 0.1) is 0 Å². The fourth-order valence-corrected chi connectivity index (χ4v) is 2.48. The Morgan fingerprint density at radius 2 is 2.17 bits per heavy atom. The molecule has 0 atom stereocenters. The molecule has 0 saturated heterocycles. The van der Waals surface area contributed by atoms with Gasteiger partial charge in [0.15, 0.2) is 0 Å². The van der Waals surface area contributed by atoms with Crippen molar-refractivity contribution < 1.29 is 9.53 Å². The number of hydrogen-bond donors (Lipinski definition) is 3. The molecule has 1 amide bonds. The molecule has 7 heteroatoms. The first-order valence-electron chi connectivity index (χ1n) is 7.76. The number of nitrogens with two attached hydrogens (primary N) is 1. The Kier molecular flexibility index (Phi) is 4.72. The Morgan fingerprint density at radius 3 is 2.88 bits per heavy atom. The number of carbonyl (C=O) groups is 1. The maximum absolute atomic E-state index is 11.6. The van der Waals surface area contributed by atoms with Crippen LogP contribution < -0.4 is 16.4 Å². The van der Waals surface area contributed by atoms with Crippen molar-refractivity contribution in [3.8, 4) is 0 Å². The Balaban J connectivity index is 1.94. The summed E-state index contributed by atoms with van der Waals surface area (Å²) >= 11 is 0. The summed E-state index contributed by atoms with van der Waals surface area (Å²) in [5.74, 6) is 0.388. The summed E-state index contributed by atoms with van der Waals surface area (Å²) in [6, 6.07) is 11.7. The first kappa shape index (κ1) is 15.9. The van der Waals surface area contributed by atoms with Gasteiger partial charge in [0.2, 0.25) is 0 Å². The van der Waals surface area contributed by atoms with Crippen molar-refractivity contribution in [2.45, 2.75) is 13.5 Å². The zero-order chi connectivity index (χ0) is 16.9. The van der Waals surface area contributed by atoms with Crippen LogP contribution in [0.15, 0.2) is 41.4 Å². The van der Waals surface area contributed by atoms with Crippen molar-refractivity contribution in [1.29, 1.82) is 0 Å². The van der Waals surface area contributed by atoms with Gasteiger partial charge in [-0.25, -0.2) is 14.8 Å². The van der Waals surface area contributed by atoms with E-state index in [-0.39, 0.29) is 6.54 Å². The van der Waals surface area contributed by atoms with Gasteiger partial charge in [-0.05, 0) is 12.5 Å². The normalized spacial score (nSPS) is 12.7. The van der Waals surface area contributed by atoms with Crippen molar-refractivity contribution in [1.82, 2.24) is 4.98 Å². The topological polar surface area (TPSA) is 102 Å². The van der Waals surface area contributed by atoms with Crippen LogP contribution in [0.2, 0.25) is 0 Å². The van der Waals surface area contributed by atoms with Crippen LogP contribution in [-0.2, 0) is 11.3 Å². The number of benzene rings is 1. The first-order valence-corrected chi connectivity index (χ1v) is 7.76. The van der Waals surface area contributed by atoms with E-state index in [4.69, 9.17) is 15.5 Å². The van der Waals surface area contributed by atoms with Crippen molar-refractivity contribution >= 4 is 29.0 Å². The van der Waals surface area contributed by atoms with Crippen molar-refractivity contribution in [2.75, 3.05) is 23.8 Å². The van der Waals surface area contributed by atoms with Gasteiger partial charge >= 0.3 is 6.09 Å². The number of ether oxygens (including phenoxy) is 1. The lowest BCUT2D eigenvalue weighted by Crippen LogP contribution is -2.21. The minimum absolute atomic E-state index is 0.216. The highest BCUT2D eigenvalue weighted by molar-refractivity contribution is 6.07. The lowest BCUT2D eigenvalue weighted by Gasteiger charge is -2.20. The first-order chi connectivity index (χ1) is 11.7. The number of amides is 1. The van der Waals surface area contributed by atoms with Gasteiger partial charge in [-0.15, -0.1) is 0 Å². The number of hydrogen-bond acceptors (Lipinski definition) is 6. The third-order valence-electron chi connectivity index (χ3n) is 3.56. The van der Waals surface area contributed by atoms with Crippen LogP contribution in [0.3, 0.4) is 0 Å². The molecule has 1 aromatic heterocycles. The van der Waals surface area contributed by atoms with Crippen LogP contribution in [0.25, 0.3) is 0 Å². The number of aliphatic imine (C=N–C) groups is 1. The molecule has 2 aromatic rings. The highest BCUT2D eigenvalue weighted by Gasteiger charge is 2.18. The summed E-state index contributed by atoms with van der Waals surface area (Å²) in [4.78, 5) is 20.6. The van der Waals surface area contributed by atoms with E-state index < -0.39 is 6.09 Å². The van der Waals surface area contributed by atoms with E-state index in [1.54, 1.807) is 13.0 Å². The number of pyridine rings is 1. The van der Waals surface area contributed by atoms with Gasteiger partial charge in [0, 0.05) is 12.6 Å². The third-order valence-corrected chi connectivity index (χ3v) is 3.56. The third kappa shape index (κ3) is 3.36. The fraction of sp³-hybridized carbons (Fsp3) is 0.235. The van der Waals surface area contributed by atoms with E-state index in [0.29, 0.717) is 30.4 Å². The standard InChI is InChI=1S/C17H19N5O2/c1-2-24-17(23)22-15-8-12-16(13(9-18)20-15)21-14(10-19-12)11-6-4-3-5-7-11/h3-8,19H,2,9-10,18H2,1H3,(H,20,22,23). The van der Waals surface area contributed by atoms with Crippen LogP contribution in [-0.4, -0.2) is 29.9 Å². The maximum atomic E-state index is 11.6. The molecule has 7 nitrogen and oxygen atoms in total. The second-order valence-electron chi connectivity index (χ2n) is 5.18. The highest BCUT2D eigenvalue weighted by Crippen LogP contribution is 2.34. The summed E-state index contributed by atoms with van der Waals surface area (Å²) in [5.41, 5.74) is 9.89. The molecule has 0 unspecified atom stereocenters. The molecule has 4 N–H and O–H groups in total. The molecule has 1 aliphatic rings. The molecule has 0 spiro atoms. The van der Waals surface area contributed by atoms with E-state index in [1.165, 1.54) is 0 Å². The summed E-state index contributed by atoms with van der Waals surface area (Å²) in [6.07, 6.45) is -0.544. The zero-order valence-corrected chi connectivity index (χ0v) is 13.4. The number of fused-ring (bicyclic) bond motifs is 1. The van der Waals surface area contributed by atoms with Gasteiger partial charge in [-0.3, -0.25) is 5.32 Å². The maximum Gasteiger partial charge on any atom is 0.412 e. The molecular formula is C17H19N5O2. The second kappa shape index (κ2) is 7.10. The predicted octanol–water partition coefficient (Wildman–Crippen LogP) is 2.66. The van der Waals surface area contributed by atoms with Gasteiger partial charge in [0.05, 0.1) is 30.2 Å². The van der Waals surface area contributed by atoms with E-state index >= 15 is 0 Å². The molecule has 124 valence electrons. The number of nitrogens with zero attached hydrogens (tertiary/aromatic N) is 2. The lowest BCUT2D eigenvalue weighted by atomic mass is 10.1. The van der Waals surface area contributed by atoms with Crippen LogP contribution in [0.5, 0.6) is 0 Å². The monoisotopic (exact) mass is 325 g/mol. The molecule has 0 radical (unpaired) electrons. The van der Waals surface area contributed by atoms with Crippen LogP contribution >= 0.6 is 0 Å². The molecular weight excluding hydrogens is 306 g/mol. The summed E-state index contributed by atoms with van der Waals surface area (Å²) in [7, 11) is 0. The average molecular weight is 325 g/mol. The summed E-state index contributed by atoms with van der Waals surface area (Å²) in [5, 5.41) is 5.91. The van der Waals surface area contributed by atoms with Gasteiger partial charge in [0.25, 0.3) is 0 Å². The summed E-state index contributed by atoms with van der Waals surface area (Å²) in [6.45, 7) is 2.84. The molecule has 24 heavy (non-hydrogen) atoms. The molecule has 1 aliphatic heterocycles. The Labute approximate surface area is 140 Å². The van der Waals surface area contributed by atoms with E-state index in [0.717, 1.165) is 17.0 Å². The number of aromatic nitrogens is 1. The fourth-order valence-electron chi connectivity index (χ4n) is 2.48. The Hall–Kier alpha value is -2.93. The van der Waals surface area contributed by atoms with Crippen LogP contribution in [0.1, 0.15) is 18.2 Å². The molecule has 0 aliphatic carbocycles. The predicted molar refractivity (Wildman–Crippen MR) is 93.9 cm³/mol. The molecule has 0 fully saturated rings. The van der Waals surface area contributed by atoms with E-state index in [1.807, 2.05) is 30.3 Å². The lowest BCUT2D eigenvalue weighted by molar-refractivity contribution is 0.168. The second-order valence-corrected chi connectivity index (χ2v) is 5.18. The van der Waals surface area contributed by atoms with Crippen LogP contribution in [0.4, 0.5) is 22.0 Å². The van der Waals surface area contributed by atoms with E-state index in [9.17, 15) is 4.79 Å². The Bertz CT molecular complexity index is 774. The summed E-state index contributed by atoms with van der Waals surface area (Å²) < 4.78 is 4.87. The zero-order valence-electron chi connectivity index (χ0n) is 13.4. The van der Waals surface area contributed by atoms with Crippen molar-refractivity contribution in [3.05, 3.63) is 47.7 Å². The molecule has 0 bridgehead atoms. The quantitative estimate of drug-likeness (QED) is 0.802. The smallest absolute Gasteiger partial charge is 0.412 e. The molecule has 1 aromatic carbocycles.